The van der Waals surface area contributed by atoms with Crippen molar-refractivity contribution in [3.8, 4) is 0 Å². The third-order valence-electron chi connectivity index (χ3n) is 2.01. The second kappa shape index (κ2) is 5.27. The molecule has 1 amide bonds. The van der Waals surface area contributed by atoms with Crippen LogP contribution in [-0.4, -0.2) is 16.4 Å². The van der Waals surface area contributed by atoms with Crippen LogP contribution >= 0.6 is 11.6 Å². The van der Waals surface area contributed by atoms with E-state index in [1.54, 1.807) is 18.3 Å². The second-order valence-corrected chi connectivity index (χ2v) is 4.78. The molecule has 0 radical (unpaired) electrons. The van der Waals surface area contributed by atoms with Crippen LogP contribution in [0.3, 0.4) is 0 Å². The fourth-order valence-corrected chi connectivity index (χ4v) is 1.28. The third kappa shape index (κ3) is 4.59. The molecule has 1 aromatic rings. The van der Waals surface area contributed by atoms with E-state index in [1.807, 2.05) is 13.8 Å². The number of aromatic nitrogens is 1. The highest BCUT2D eigenvalue weighted by Gasteiger charge is 2.14. The van der Waals surface area contributed by atoms with E-state index in [-0.39, 0.29) is 11.4 Å². The van der Waals surface area contributed by atoms with Crippen molar-refractivity contribution in [2.24, 2.45) is 5.73 Å². The molecule has 0 unspecified atom stereocenters. The molecule has 1 heterocycles. The van der Waals surface area contributed by atoms with Crippen molar-refractivity contribution in [1.29, 1.82) is 0 Å². The van der Waals surface area contributed by atoms with Gasteiger partial charge in [0.25, 0.3) is 0 Å². The summed E-state index contributed by atoms with van der Waals surface area (Å²) in [5.41, 5.74) is 5.44. The molecule has 1 aromatic heterocycles. The van der Waals surface area contributed by atoms with E-state index in [4.69, 9.17) is 17.3 Å². The summed E-state index contributed by atoms with van der Waals surface area (Å²) in [6.07, 6.45) is 2.55. The van der Waals surface area contributed by atoms with Gasteiger partial charge in [0.15, 0.2) is 5.82 Å². The number of hydrogen-bond acceptors (Lipinski definition) is 3. The van der Waals surface area contributed by atoms with Crippen molar-refractivity contribution in [1.82, 2.24) is 4.98 Å². The van der Waals surface area contributed by atoms with Gasteiger partial charge in [0.1, 0.15) is 0 Å². The maximum Gasteiger partial charge on any atom is 0.225 e. The Morgan fingerprint density at radius 1 is 1.62 bits per heavy atom. The molecule has 0 fully saturated rings. The van der Waals surface area contributed by atoms with Gasteiger partial charge in [-0.3, -0.25) is 4.79 Å². The molecule has 0 aliphatic rings. The average molecular weight is 242 g/mol. The van der Waals surface area contributed by atoms with Crippen LogP contribution in [0.15, 0.2) is 18.3 Å². The Morgan fingerprint density at radius 2 is 2.31 bits per heavy atom. The molecule has 88 valence electrons. The first kappa shape index (κ1) is 12.9. The van der Waals surface area contributed by atoms with Gasteiger partial charge in [-0.15, -0.1) is 0 Å². The Bertz CT molecular complexity index is 374. The van der Waals surface area contributed by atoms with Crippen molar-refractivity contribution in [3.63, 3.8) is 0 Å². The van der Waals surface area contributed by atoms with E-state index in [2.05, 4.69) is 10.3 Å². The van der Waals surface area contributed by atoms with Crippen molar-refractivity contribution in [2.45, 2.75) is 32.2 Å². The molecule has 16 heavy (non-hydrogen) atoms. The maximum atomic E-state index is 11.5. The van der Waals surface area contributed by atoms with E-state index in [0.29, 0.717) is 23.7 Å². The molecule has 3 N–H and O–H groups in total. The quantitative estimate of drug-likeness (QED) is 0.849. The number of pyridine rings is 1. The number of rotatable bonds is 4. The summed E-state index contributed by atoms with van der Waals surface area (Å²) >= 11 is 5.86. The molecule has 0 aliphatic carbocycles. The average Bonchev–Trinajstić information content (AvgIpc) is 2.18. The largest absolute Gasteiger partial charge is 0.326 e. The summed E-state index contributed by atoms with van der Waals surface area (Å²) < 4.78 is 0. The van der Waals surface area contributed by atoms with Crippen LogP contribution < -0.4 is 11.1 Å². The van der Waals surface area contributed by atoms with Crippen LogP contribution in [0.4, 0.5) is 5.82 Å². The van der Waals surface area contributed by atoms with Gasteiger partial charge in [0, 0.05) is 18.2 Å². The smallest absolute Gasteiger partial charge is 0.225 e. The summed E-state index contributed by atoms with van der Waals surface area (Å²) in [7, 11) is 0. The number of anilines is 1. The van der Waals surface area contributed by atoms with Gasteiger partial charge < -0.3 is 11.1 Å². The summed E-state index contributed by atoms with van der Waals surface area (Å²) in [6.45, 7) is 3.77. The first-order valence-corrected chi connectivity index (χ1v) is 5.45. The Balaban J connectivity index is 2.50. The minimum atomic E-state index is -0.342. The number of carbonyl (C=O) groups is 1. The molecular formula is C11H16ClN3O. The molecule has 0 bridgehead atoms. The first-order valence-electron chi connectivity index (χ1n) is 5.08. The zero-order chi connectivity index (χ0) is 12.2. The molecule has 1 rings (SSSR count). The lowest BCUT2D eigenvalue weighted by atomic mass is 10.00. The zero-order valence-electron chi connectivity index (χ0n) is 9.46. The topological polar surface area (TPSA) is 68.0 Å². The zero-order valence-corrected chi connectivity index (χ0v) is 10.2. The Labute approximate surface area is 100 Å². The van der Waals surface area contributed by atoms with Gasteiger partial charge in [0.05, 0.1) is 5.02 Å². The first-order chi connectivity index (χ1) is 7.38. The number of nitrogens with one attached hydrogen (secondary N) is 1. The fraction of sp³-hybridized carbons (Fsp3) is 0.455. The van der Waals surface area contributed by atoms with Crippen LogP contribution in [-0.2, 0) is 4.79 Å². The van der Waals surface area contributed by atoms with Crippen molar-refractivity contribution >= 4 is 23.3 Å². The normalized spacial score (nSPS) is 11.2. The van der Waals surface area contributed by atoms with Gasteiger partial charge in [-0.05, 0) is 32.4 Å². The fourth-order valence-electron chi connectivity index (χ4n) is 1.11. The standard InChI is InChI=1S/C11H16ClN3O/c1-11(2,13)6-5-9(16)15-10-8(12)4-3-7-14-10/h3-4,7H,5-6,13H2,1-2H3,(H,14,15,16). The molecule has 0 aliphatic heterocycles. The van der Waals surface area contributed by atoms with Crippen LogP contribution in [0.2, 0.25) is 5.02 Å². The van der Waals surface area contributed by atoms with Crippen LogP contribution in [0.25, 0.3) is 0 Å². The highest BCUT2D eigenvalue weighted by atomic mass is 35.5. The lowest BCUT2D eigenvalue weighted by molar-refractivity contribution is -0.116. The number of amides is 1. The van der Waals surface area contributed by atoms with Gasteiger partial charge >= 0.3 is 0 Å². The van der Waals surface area contributed by atoms with Gasteiger partial charge in [-0.1, -0.05) is 11.6 Å². The molecule has 4 nitrogen and oxygen atoms in total. The highest BCUT2D eigenvalue weighted by Crippen LogP contribution is 2.18. The maximum absolute atomic E-state index is 11.5. The minimum Gasteiger partial charge on any atom is -0.326 e. The van der Waals surface area contributed by atoms with Crippen LogP contribution in [0.5, 0.6) is 0 Å². The summed E-state index contributed by atoms with van der Waals surface area (Å²) in [5, 5.41) is 3.08. The Morgan fingerprint density at radius 3 is 2.88 bits per heavy atom. The van der Waals surface area contributed by atoms with Crippen molar-refractivity contribution in [2.75, 3.05) is 5.32 Å². The van der Waals surface area contributed by atoms with E-state index in [1.165, 1.54) is 0 Å². The van der Waals surface area contributed by atoms with E-state index >= 15 is 0 Å². The van der Waals surface area contributed by atoms with Crippen LogP contribution in [0, 0.1) is 0 Å². The predicted molar refractivity (Wildman–Crippen MR) is 65.4 cm³/mol. The van der Waals surface area contributed by atoms with E-state index < -0.39 is 0 Å². The van der Waals surface area contributed by atoms with Crippen molar-refractivity contribution in [3.05, 3.63) is 23.4 Å². The molecular weight excluding hydrogens is 226 g/mol. The molecule has 0 aromatic carbocycles. The second-order valence-electron chi connectivity index (χ2n) is 4.37. The number of nitrogens with zero attached hydrogens (tertiary/aromatic N) is 1. The lowest BCUT2D eigenvalue weighted by Gasteiger charge is -2.17. The van der Waals surface area contributed by atoms with Crippen molar-refractivity contribution < 1.29 is 4.79 Å². The SMILES string of the molecule is CC(C)(N)CCC(=O)Nc1ncccc1Cl. The number of carbonyl (C=O) groups excluding carboxylic acids is 1. The lowest BCUT2D eigenvalue weighted by Crippen LogP contribution is -2.33. The summed E-state index contributed by atoms with van der Waals surface area (Å²) in [4.78, 5) is 15.5. The number of halogens is 1. The Hall–Kier alpha value is -1.13. The minimum absolute atomic E-state index is 0.126. The summed E-state index contributed by atoms with van der Waals surface area (Å²) in [6, 6.07) is 3.39. The predicted octanol–water partition coefficient (Wildman–Crippen LogP) is 2.19. The van der Waals surface area contributed by atoms with Gasteiger partial charge in [0.2, 0.25) is 5.91 Å². The molecule has 5 heteroatoms. The molecule has 0 saturated heterocycles. The molecule has 0 saturated carbocycles. The monoisotopic (exact) mass is 241 g/mol. The van der Waals surface area contributed by atoms with E-state index in [9.17, 15) is 4.79 Å². The highest BCUT2D eigenvalue weighted by molar-refractivity contribution is 6.33. The molecule has 0 atom stereocenters. The van der Waals surface area contributed by atoms with Crippen LogP contribution in [0.1, 0.15) is 26.7 Å². The van der Waals surface area contributed by atoms with Gasteiger partial charge in [-0.25, -0.2) is 4.98 Å². The third-order valence-corrected chi connectivity index (χ3v) is 2.32. The van der Waals surface area contributed by atoms with Gasteiger partial charge in [-0.2, -0.15) is 0 Å². The number of hydrogen-bond donors (Lipinski definition) is 2. The number of nitrogens with two attached hydrogens (primary N) is 1. The summed E-state index contributed by atoms with van der Waals surface area (Å²) in [5.74, 6) is 0.267. The van der Waals surface area contributed by atoms with E-state index in [0.717, 1.165) is 0 Å². The molecule has 0 spiro atoms. The Kier molecular flexibility index (Phi) is 4.26.